The Balaban J connectivity index is 1.63. The smallest absolute Gasteiger partial charge is 0.305 e. The van der Waals surface area contributed by atoms with Gasteiger partial charge in [0, 0.05) is 13.0 Å². The summed E-state index contributed by atoms with van der Waals surface area (Å²) >= 11 is 6.74. The van der Waals surface area contributed by atoms with Crippen molar-refractivity contribution in [3.8, 4) is 11.5 Å². The third-order valence-corrected chi connectivity index (χ3v) is 7.56. The lowest BCUT2D eigenvalue weighted by atomic mass is 10.0. The lowest BCUT2D eigenvalue weighted by molar-refractivity contribution is -0.140. The number of hydrogen-bond acceptors (Lipinski definition) is 7. The van der Waals surface area contributed by atoms with Crippen molar-refractivity contribution in [1.82, 2.24) is 4.90 Å². The second-order valence-corrected chi connectivity index (χ2v) is 10.5. The van der Waals surface area contributed by atoms with E-state index in [4.69, 9.17) is 21.7 Å². The van der Waals surface area contributed by atoms with Crippen molar-refractivity contribution in [1.29, 1.82) is 0 Å². The van der Waals surface area contributed by atoms with Gasteiger partial charge in [0.25, 0.3) is 5.91 Å². The minimum atomic E-state index is -0.212. The lowest BCUT2D eigenvalue weighted by Gasteiger charge is -2.14. The molecule has 192 valence electrons. The summed E-state index contributed by atoms with van der Waals surface area (Å²) in [6.45, 7) is 7.28. The Labute approximate surface area is 223 Å². The van der Waals surface area contributed by atoms with Gasteiger partial charge in [0.1, 0.15) is 10.9 Å². The van der Waals surface area contributed by atoms with Gasteiger partial charge in [-0.15, -0.1) is 0 Å². The number of ether oxygens (including phenoxy) is 3. The molecule has 1 fully saturated rings. The normalized spacial score (nSPS) is 14.5. The monoisotopic (exact) mass is 527 g/mol. The molecule has 1 aliphatic rings. The zero-order valence-corrected chi connectivity index (χ0v) is 23.1. The molecule has 8 heteroatoms. The van der Waals surface area contributed by atoms with Crippen molar-refractivity contribution < 1.29 is 23.8 Å². The predicted octanol–water partition coefficient (Wildman–Crippen LogP) is 6.13. The fourth-order valence-corrected chi connectivity index (χ4v) is 5.20. The number of rotatable bonds is 11. The molecule has 0 bridgehead atoms. The summed E-state index contributed by atoms with van der Waals surface area (Å²) < 4.78 is 16.9. The number of nitrogens with zero attached hydrogens (tertiary/aromatic N) is 1. The molecule has 0 aliphatic carbocycles. The van der Waals surface area contributed by atoms with Gasteiger partial charge < -0.3 is 14.2 Å². The number of thiocarbonyl (C=S) groups is 1. The van der Waals surface area contributed by atoms with Gasteiger partial charge in [-0.2, -0.15) is 0 Å². The molecule has 1 aliphatic heterocycles. The zero-order chi connectivity index (χ0) is 26.2. The molecule has 0 saturated carbocycles. The number of benzene rings is 2. The summed E-state index contributed by atoms with van der Waals surface area (Å²) in [7, 11) is 2.99. The number of esters is 1. The number of carbonyl (C=O) groups is 2. The largest absolute Gasteiger partial charge is 0.493 e. The van der Waals surface area contributed by atoms with Gasteiger partial charge in [0.2, 0.25) is 0 Å². The first-order chi connectivity index (χ1) is 17.2. The van der Waals surface area contributed by atoms with E-state index in [0.29, 0.717) is 40.3 Å². The highest BCUT2D eigenvalue weighted by Gasteiger charge is 2.31. The fourth-order valence-electron chi connectivity index (χ4n) is 3.89. The first-order valence-corrected chi connectivity index (χ1v) is 13.2. The summed E-state index contributed by atoms with van der Waals surface area (Å²) in [6, 6.07) is 9.97. The average molecular weight is 528 g/mol. The number of methoxy groups -OCH3 is 2. The van der Waals surface area contributed by atoms with Crippen molar-refractivity contribution in [2.45, 2.75) is 53.1 Å². The van der Waals surface area contributed by atoms with E-state index < -0.39 is 0 Å². The maximum absolute atomic E-state index is 12.9. The minimum Gasteiger partial charge on any atom is -0.493 e. The second kappa shape index (κ2) is 12.9. The maximum atomic E-state index is 12.9. The molecule has 0 spiro atoms. The van der Waals surface area contributed by atoms with Crippen molar-refractivity contribution >= 4 is 46.3 Å². The Morgan fingerprint density at radius 2 is 1.75 bits per heavy atom. The number of hydrogen-bond donors (Lipinski definition) is 0. The van der Waals surface area contributed by atoms with E-state index in [0.717, 1.165) is 30.4 Å². The lowest BCUT2D eigenvalue weighted by Crippen LogP contribution is -2.29. The van der Waals surface area contributed by atoms with Crippen LogP contribution in [-0.2, 0) is 20.9 Å². The third kappa shape index (κ3) is 7.11. The van der Waals surface area contributed by atoms with Gasteiger partial charge in [-0.3, -0.25) is 14.5 Å². The van der Waals surface area contributed by atoms with Gasteiger partial charge in [0.05, 0.1) is 19.1 Å². The Kier molecular flexibility index (Phi) is 9.96. The third-order valence-electron chi connectivity index (χ3n) is 6.18. The Morgan fingerprint density at radius 3 is 2.47 bits per heavy atom. The molecule has 1 saturated heterocycles. The summed E-state index contributed by atoms with van der Waals surface area (Å²) in [4.78, 5) is 26.4. The van der Waals surface area contributed by atoms with E-state index in [1.54, 1.807) is 12.0 Å². The SMILES string of the molecule is COC(=O)CCCCCN1C(=O)/C(=C\c2ccc(OCc3cc(C)c(C)cc3C)c(OC)c2)SC1=S. The number of aryl methyl sites for hydroxylation is 3. The highest BCUT2D eigenvalue weighted by molar-refractivity contribution is 8.26. The zero-order valence-electron chi connectivity index (χ0n) is 21.5. The molecule has 0 N–H and O–H groups in total. The van der Waals surface area contributed by atoms with Crippen LogP contribution < -0.4 is 9.47 Å². The molecule has 3 rings (SSSR count). The van der Waals surface area contributed by atoms with Crippen LogP contribution in [0.5, 0.6) is 11.5 Å². The first-order valence-electron chi connectivity index (χ1n) is 11.9. The Hall–Kier alpha value is -2.84. The summed E-state index contributed by atoms with van der Waals surface area (Å²) in [5.41, 5.74) is 5.67. The predicted molar refractivity (Wildman–Crippen MR) is 148 cm³/mol. The van der Waals surface area contributed by atoms with Crippen molar-refractivity contribution in [3.63, 3.8) is 0 Å². The summed E-state index contributed by atoms with van der Waals surface area (Å²) in [6.07, 6.45) is 4.55. The number of amides is 1. The van der Waals surface area contributed by atoms with Crippen LogP contribution in [0.1, 0.15) is 53.5 Å². The second-order valence-electron chi connectivity index (χ2n) is 8.78. The molecule has 6 nitrogen and oxygen atoms in total. The molecule has 0 unspecified atom stereocenters. The summed E-state index contributed by atoms with van der Waals surface area (Å²) in [5.74, 6) is 0.941. The Bertz CT molecular complexity index is 1170. The molecular formula is C28H33NO5S2. The molecule has 36 heavy (non-hydrogen) atoms. The molecule has 2 aromatic carbocycles. The molecule has 0 radical (unpaired) electrons. The van der Waals surface area contributed by atoms with Gasteiger partial charge >= 0.3 is 5.97 Å². The van der Waals surface area contributed by atoms with Crippen LogP contribution in [0.15, 0.2) is 35.2 Å². The fraction of sp³-hybridized carbons (Fsp3) is 0.393. The molecule has 2 aromatic rings. The van der Waals surface area contributed by atoms with E-state index in [-0.39, 0.29) is 11.9 Å². The van der Waals surface area contributed by atoms with Crippen LogP contribution in [0.25, 0.3) is 6.08 Å². The standard InChI is InChI=1S/C28H33NO5S2/c1-18-13-20(3)22(14-19(18)2)17-34-23-11-10-21(15-24(23)32-4)16-25-27(31)29(28(35)36-25)12-8-6-7-9-26(30)33-5/h10-11,13-16H,6-9,12,17H2,1-5H3/b25-16+. The van der Waals surface area contributed by atoms with E-state index in [9.17, 15) is 9.59 Å². The number of carbonyl (C=O) groups excluding carboxylic acids is 2. The average Bonchev–Trinajstić information content (AvgIpc) is 3.12. The minimum absolute atomic E-state index is 0.0949. The van der Waals surface area contributed by atoms with E-state index >= 15 is 0 Å². The van der Waals surface area contributed by atoms with Crippen LogP contribution in [0, 0.1) is 20.8 Å². The molecule has 1 heterocycles. The van der Waals surface area contributed by atoms with Crippen LogP contribution in [0.2, 0.25) is 0 Å². The van der Waals surface area contributed by atoms with Crippen molar-refractivity contribution in [3.05, 3.63) is 63.1 Å². The van der Waals surface area contributed by atoms with Gasteiger partial charge in [0.15, 0.2) is 11.5 Å². The van der Waals surface area contributed by atoms with Gasteiger partial charge in [-0.05, 0) is 79.6 Å². The molecule has 0 aromatic heterocycles. The van der Waals surface area contributed by atoms with Gasteiger partial charge in [-0.25, -0.2) is 0 Å². The number of thioether (sulfide) groups is 1. The van der Waals surface area contributed by atoms with Crippen LogP contribution in [-0.4, -0.2) is 41.9 Å². The van der Waals surface area contributed by atoms with Crippen LogP contribution in [0.3, 0.4) is 0 Å². The van der Waals surface area contributed by atoms with Gasteiger partial charge in [-0.1, -0.05) is 48.6 Å². The molecule has 0 atom stereocenters. The maximum Gasteiger partial charge on any atom is 0.305 e. The molecule has 1 amide bonds. The topological polar surface area (TPSA) is 65.1 Å². The molecular weight excluding hydrogens is 494 g/mol. The number of unbranched alkanes of at least 4 members (excludes halogenated alkanes) is 2. The van der Waals surface area contributed by atoms with E-state index in [1.807, 2.05) is 24.3 Å². The van der Waals surface area contributed by atoms with Crippen molar-refractivity contribution in [2.24, 2.45) is 0 Å². The van der Waals surface area contributed by atoms with E-state index in [2.05, 4.69) is 37.6 Å². The van der Waals surface area contributed by atoms with Crippen LogP contribution in [0.4, 0.5) is 0 Å². The van der Waals surface area contributed by atoms with E-state index in [1.165, 1.54) is 35.6 Å². The van der Waals surface area contributed by atoms with Crippen LogP contribution >= 0.6 is 24.0 Å². The quantitative estimate of drug-likeness (QED) is 0.151. The highest BCUT2D eigenvalue weighted by Crippen LogP contribution is 2.35. The first kappa shape index (κ1) is 27.7. The Morgan fingerprint density at radius 1 is 1.00 bits per heavy atom. The van der Waals surface area contributed by atoms with Crippen molar-refractivity contribution in [2.75, 3.05) is 20.8 Å². The summed E-state index contributed by atoms with van der Waals surface area (Å²) in [5, 5.41) is 0. The highest BCUT2D eigenvalue weighted by atomic mass is 32.2.